The number of ether oxygens (including phenoxy) is 3. The Bertz CT molecular complexity index is 1700. The number of carboxylic acids is 1. The van der Waals surface area contributed by atoms with Crippen molar-refractivity contribution in [2.24, 2.45) is 62.1 Å². The van der Waals surface area contributed by atoms with Crippen LogP contribution in [0.4, 0.5) is 0 Å². The highest BCUT2D eigenvalue weighted by Crippen LogP contribution is 2.79. The molecule has 1 saturated heterocycles. The molecule has 1 aliphatic heterocycles. The van der Waals surface area contributed by atoms with E-state index in [1.54, 1.807) is 0 Å². The molecule has 55 heavy (non-hydrogen) atoms. The van der Waals surface area contributed by atoms with Crippen molar-refractivity contribution in [1.82, 2.24) is 0 Å². The zero-order valence-corrected chi connectivity index (χ0v) is 32.9. The maximum atomic E-state index is 13.3. The van der Waals surface area contributed by atoms with Crippen molar-refractivity contribution in [2.75, 3.05) is 19.8 Å². The second-order valence-electron chi connectivity index (χ2n) is 19.8. The molecule has 4 saturated carbocycles. The molecule has 5 fully saturated rings. The van der Waals surface area contributed by atoms with Crippen LogP contribution in [0.3, 0.4) is 0 Å². The minimum absolute atomic E-state index is 0.0208. The lowest BCUT2D eigenvalue weighted by Gasteiger charge is -2.76. The van der Waals surface area contributed by atoms with Gasteiger partial charge in [0, 0.05) is 17.9 Å². The van der Waals surface area contributed by atoms with Gasteiger partial charge in [0.25, 0.3) is 0 Å². The number of carboxylic acid groups (broad SMARTS) is 1. The first-order valence-corrected chi connectivity index (χ1v) is 20.4. The molecule has 11 nitrogen and oxygen atoms in total. The van der Waals surface area contributed by atoms with E-state index in [0.717, 1.165) is 17.6 Å². The summed E-state index contributed by atoms with van der Waals surface area (Å²) in [5.74, 6) is -1.51. The van der Waals surface area contributed by atoms with E-state index in [2.05, 4.69) is 45.9 Å². The zero-order chi connectivity index (χ0) is 39.5. The summed E-state index contributed by atoms with van der Waals surface area (Å²) in [5, 5.41) is 76.6. The molecule has 0 aromatic heterocycles. The summed E-state index contributed by atoms with van der Waals surface area (Å²) >= 11 is 0. The van der Waals surface area contributed by atoms with Crippen molar-refractivity contribution < 1.29 is 54.8 Å². The van der Waals surface area contributed by atoms with Crippen LogP contribution in [0.25, 0.3) is 0 Å². The molecule has 304 valence electrons. The minimum Gasteiger partial charge on any atom is -0.481 e. The van der Waals surface area contributed by atoms with Gasteiger partial charge in [0.05, 0.1) is 38.1 Å². The lowest BCUT2D eigenvalue weighted by atomic mass is 9.29. The molecule has 0 amide bonds. The van der Waals surface area contributed by atoms with Crippen LogP contribution in [0.2, 0.25) is 0 Å². The number of aliphatic carboxylic acids is 1. The van der Waals surface area contributed by atoms with E-state index in [1.165, 1.54) is 0 Å². The Morgan fingerprint density at radius 1 is 0.909 bits per heavy atom. The topological polar surface area (TPSA) is 186 Å². The van der Waals surface area contributed by atoms with E-state index < -0.39 is 81.9 Å². The van der Waals surface area contributed by atoms with Gasteiger partial charge in [-0.25, -0.2) is 0 Å². The summed E-state index contributed by atoms with van der Waals surface area (Å²) in [7, 11) is 0. The Morgan fingerprint density at radius 2 is 1.64 bits per heavy atom. The normalized spacial score (nSPS) is 52.7. The van der Waals surface area contributed by atoms with Crippen molar-refractivity contribution in [3.63, 3.8) is 0 Å². The van der Waals surface area contributed by atoms with E-state index in [1.807, 2.05) is 37.3 Å². The van der Waals surface area contributed by atoms with E-state index in [-0.39, 0.29) is 61.9 Å². The molecule has 7 aliphatic rings. The van der Waals surface area contributed by atoms with Gasteiger partial charge < -0.3 is 50.0 Å². The monoisotopic (exact) mass is 766 g/mol. The molecule has 4 bridgehead atoms. The Morgan fingerprint density at radius 3 is 2.31 bits per heavy atom. The zero-order valence-electron chi connectivity index (χ0n) is 32.9. The van der Waals surface area contributed by atoms with E-state index in [0.29, 0.717) is 25.7 Å². The number of allylic oxidation sites excluding steroid dienone is 3. The van der Waals surface area contributed by atoms with Crippen molar-refractivity contribution >= 4 is 5.97 Å². The Kier molecular flexibility index (Phi) is 9.67. The van der Waals surface area contributed by atoms with Crippen LogP contribution < -0.4 is 0 Å². The van der Waals surface area contributed by atoms with Gasteiger partial charge in [0.15, 0.2) is 6.29 Å². The van der Waals surface area contributed by atoms with Crippen LogP contribution in [-0.2, 0) is 25.6 Å². The molecule has 8 rings (SSSR count). The molecule has 1 aromatic carbocycles. The molecule has 18 unspecified atom stereocenters. The summed E-state index contributed by atoms with van der Waals surface area (Å²) < 4.78 is 19.5. The molecular weight excluding hydrogens is 704 g/mol. The second-order valence-corrected chi connectivity index (χ2v) is 19.8. The fourth-order valence-electron chi connectivity index (χ4n) is 14.3. The Balaban J connectivity index is 1.23. The first-order valence-electron chi connectivity index (χ1n) is 20.4. The summed E-state index contributed by atoms with van der Waals surface area (Å²) in [4.78, 5) is 13.3. The van der Waals surface area contributed by atoms with Crippen LogP contribution in [-0.4, -0.2) is 104 Å². The third-order valence-electron chi connectivity index (χ3n) is 17.2. The molecule has 18 atom stereocenters. The predicted molar refractivity (Wildman–Crippen MR) is 201 cm³/mol. The van der Waals surface area contributed by atoms with E-state index in [9.17, 15) is 40.5 Å². The summed E-state index contributed by atoms with van der Waals surface area (Å²) in [6.45, 7) is 10.8. The molecule has 0 radical (unpaired) electrons. The van der Waals surface area contributed by atoms with E-state index in [4.69, 9.17) is 14.2 Å². The SMILES string of the molecule is CC1(CO)CC(O)C2(C(=O)O)CCC3(C)C(=CCC4C5(C)C6C=CC(CC43C)C5C(C)(CO)C(OC3OCC(O)C(O)C3O)C6OCc3ccccc3)C2C1. The number of carbonyl (C=O) groups is 1. The quantitative estimate of drug-likeness (QED) is 0.151. The number of aliphatic hydroxyl groups excluding tert-OH is 6. The number of aliphatic hydroxyl groups is 6. The third-order valence-corrected chi connectivity index (χ3v) is 17.2. The highest BCUT2D eigenvalue weighted by atomic mass is 16.7. The minimum atomic E-state index is -1.51. The van der Waals surface area contributed by atoms with Crippen LogP contribution in [0.5, 0.6) is 0 Å². The van der Waals surface area contributed by atoms with Crippen molar-refractivity contribution in [3.05, 3.63) is 59.7 Å². The molecule has 1 heterocycles. The molecule has 7 N–H and O–H groups in total. The van der Waals surface area contributed by atoms with Gasteiger partial charge in [-0.2, -0.15) is 0 Å². The van der Waals surface area contributed by atoms with Gasteiger partial charge in [0.1, 0.15) is 23.7 Å². The summed E-state index contributed by atoms with van der Waals surface area (Å²) in [6, 6.07) is 9.88. The lowest BCUT2D eigenvalue weighted by Crippen LogP contribution is -2.75. The van der Waals surface area contributed by atoms with Gasteiger partial charge >= 0.3 is 5.97 Å². The van der Waals surface area contributed by atoms with Gasteiger partial charge in [-0.3, -0.25) is 4.79 Å². The van der Waals surface area contributed by atoms with Crippen LogP contribution in [0.15, 0.2) is 54.1 Å². The number of fused-ring (bicyclic) bond motifs is 5. The maximum Gasteiger partial charge on any atom is 0.312 e. The van der Waals surface area contributed by atoms with Gasteiger partial charge in [-0.05, 0) is 89.4 Å². The highest BCUT2D eigenvalue weighted by molar-refractivity contribution is 5.77. The van der Waals surface area contributed by atoms with Gasteiger partial charge in [-0.1, -0.05) is 88.8 Å². The summed E-state index contributed by atoms with van der Waals surface area (Å²) in [5.41, 5.74) is -1.82. The molecular formula is C44H62O11. The standard InChI is InChI=1S/C44H62O11/c1-39(22-45)18-28-26-13-14-30-42(4,41(26,3)15-16-44(28,38(51)52)31(48)19-39)17-25-11-12-27-34(53-20-24-9-7-6-8-10-24)36(40(2,23-46)35(25)43(27,30)5)55-37-33(50)32(49)29(47)21-54-37/h6-13,25,27-37,45-50H,14-23H2,1-5H3,(H,51,52). The Hall–Kier alpha value is -2.19. The average molecular weight is 767 g/mol. The number of rotatable bonds is 8. The van der Waals surface area contributed by atoms with Crippen LogP contribution in [0.1, 0.15) is 78.7 Å². The van der Waals surface area contributed by atoms with Crippen molar-refractivity contribution in [1.29, 1.82) is 0 Å². The lowest BCUT2D eigenvalue weighted by molar-refractivity contribution is -0.346. The number of hydrogen-bond acceptors (Lipinski definition) is 10. The molecule has 6 aliphatic carbocycles. The third kappa shape index (κ3) is 5.36. The van der Waals surface area contributed by atoms with Crippen LogP contribution >= 0.6 is 0 Å². The van der Waals surface area contributed by atoms with Crippen molar-refractivity contribution in [3.8, 4) is 0 Å². The molecule has 11 heteroatoms. The van der Waals surface area contributed by atoms with Gasteiger partial charge in [0.2, 0.25) is 0 Å². The first kappa shape index (κ1) is 39.6. The second kappa shape index (κ2) is 13.4. The fraction of sp³-hybridized carbons (Fsp3) is 0.750. The smallest absolute Gasteiger partial charge is 0.312 e. The number of benzene rings is 1. The predicted octanol–water partition coefficient (Wildman–Crippen LogP) is 3.83. The van der Waals surface area contributed by atoms with Crippen LogP contribution in [0, 0.1) is 62.1 Å². The maximum absolute atomic E-state index is 13.3. The van der Waals surface area contributed by atoms with Gasteiger partial charge in [-0.15, -0.1) is 0 Å². The van der Waals surface area contributed by atoms with E-state index >= 15 is 0 Å². The highest BCUT2D eigenvalue weighted by Gasteiger charge is 2.76. The number of hydrogen-bond donors (Lipinski definition) is 7. The molecule has 0 spiro atoms. The first-order chi connectivity index (χ1) is 25.9. The average Bonchev–Trinajstić information content (AvgIpc) is 3.14. The summed E-state index contributed by atoms with van der Waals surface area (Å²) in [6.07, 6.45) is 2.22. The fourth-order valence-corrected chi connectivity index (χ4v) is 14.3. The largest absolute Gasteiger partial charge is 0.481 e. The molecule has 1 aromatic rings. The van der Waals surface area contributed by atoms with Crippen molar-refractivity contribution in [2.45, 2.75) is 123 Å². The Labute approximate surface area is 324 Å².